The molecule has 4 nitrogen and oxygen atoms in total. The largest absolute Gasteiger partial charge is 0.490 e. The summed E-state index contributed by atoms with van der Waals surface area (Å²) in [5, 5.41) is 3.81. The Morgan fingerprint density at radius 2 is 2.00 bits per heavy atom. The summed E-state index contributed by atoms with van der Waals surface area (Å²) in [5.74, 6) is 0.579. The summed E-state index contributed by atoms with van der Waals surface area (Å²) in [5.41, 5.74) is 2.18. The summed E-state index contributed by atoms with van der Waals surface area (Å²) in [6.07, 6.45) is 3.42. The van der Waals surface area contributed by atoms with Gasteiger partial charge in [-0.25, -0.2) is 0 Å². The standard InChI is InChI=1S/C19H16N2O2/c1-2-12-23-17-8-6-16(7-9-17)21-19(22)15-5-10-18-14(13-15)4-3-11-20-18/h2-11,13H,1,12H2,(H,21,22). The predicted molar refractivity (Wildman–Crippen MR) is 91.8 cm³/mol. The van der Waals surface area contributed by atoms with Crippen LogP contribution in [-0.4, -0.2) is 17.5 Å². The van der Waals surface area contributed by atoms with Gasteiger partial charge in [0.2, 0.25) is 0 Å². The first-order valence-electron chi connectivity index (χ1n) is 7.26. The molecular weight excluding hydrogens is 288 g/mol. The Labute approximate surface area is 134 Å². The van der Waals surface area contributed by atoms with Crippen LogP contribution in [0.1, 0.15) is 10.4 Å². The quantitative estimate of drug-likeness (QED) is 0.723. The number of carbonyl (C=O) groups is 1. The van der Waals surface area contributed by atoms with Crippen LogP contribution in [0.3, 0.4) is 0 Å². The minimum Gasteiger partial charge on any atom is -0.490 e. The lowest BCUT2D eigenvalue weighted by atomic mass is 10.1. The van der Waals surface area contributed by atoms with Gasteiger partial charge < -0.3 is 10.1 Å². The van der Waals surface area contributed by atoms with E-state index in [-0.39, 0.29) is 5.91 Å². The van der Waals surface area contributed by atoms with E-state index < -0.39 is 0 Å². The second-order valence-corrected chi connectivity index (χ2v) is 4.99. The second-order valence-electron chi connectivity index (χ2n) is 4.99. The van der Waals surface area contributed by atoms with Crippen molar-refractivity contribution in [2.45, 2.75) is 0 Å². The maximum Gasteiger partial charge on any atom is 0.255 e. The maximum absolute atomic E-state index is 12.3. The maximum atomic E-state index is 12.3. The van der Waals surface area contributed by atoms with E-state index in [1.807, 2.05) is 36.4 Å². The number of hydrogen-bond donors (Lipinski definition) is 1. The van der Waals surface area contributed by atoms with Crippen LogP contribution >= 0.6 is 0 Å². The third-order valence-corrected chi connectivity index (χ3v) is 3.35. The van der Waals surface area contributed by atoms with Crippen molar-refractivity contribution >= 4 is 22.5 Å². The fourth-order valence-corrected chi connectivity index (χ4v) is 2.21. The lowest BCUT2D eigenvalue weighted by molar-refractivity contribution is 0.102. The van der Waals surface area contributed by atoms with Gasteiger partial charge in [0.1, 0.15) is 12.4 Å². The van der Waals surface area contributed by atoms with E-state index >= 15 is 0 Å². The highest BCUT2D eigenvalue weighted by Gasteiger charge is 2.07. The fourth-order valence-electron chi connectivity index (χ4n) is 2.21. The molecule has 1 amide bonds. The molecule has 0 spiro atoms. The van der Waals surface area contributed by atoms with Crippen LogP contribution in [-0.2, 0) is 0 Å². The molecule has 0 radical (unpaired) electrons. The average Bonchev–Trinajstić information content (AvgIpc) is 2.60. The molecule has 2 aromatic carbocycles. The molecule has 0 fully saturated rings. The van der Waals surface area contributed by atoms with Crippen molar-refractivity contribution in [3.05, 3.63) is 79.0 Å². The van der Waals surface area contributed by atoms with Gasteiger partial charge in [0.25, 0.3) is 5.91 Å². The SMILES string of the molecule is C=CCOc1ccc(NC(=O)c2ccc3ncccc3c2)cc1. The lowest BCUT2D eigenvalue weighted by Crippen LogP contribution is -2.11. The molecule has 114 valence electrons. The van der Waals surface area contributed by atoms with Crippen molar-refractivity contribution in [2.24, 2.45) is 0 Å². The second kappa shape index (κ2) is 6.75. The topological polar surface area (TPSA) is 51.2 Å². The molecule has 0 aliphatic heterocycles. The van der Waals surface area contributed by atoms with E-state index in [4.69, 9.17) is 4.74 Å². The molecule has 1 aromatic heterocycles. The molecule has 0 atom stereocenters. The summed E-state index contributed by atoms with van der Waals surface area (Å²) in [4.78, 5) is 16.6. The molecule has 0 aliphatic carbocycles. The third-order valence-electron chi connectivity index (χ3n) is 3.35. The summed E-state index contributed by atoms with van der Waals surface area (Å²) >= 11 is 0. The third kappa shape index (κ3) is 3.55. The van der Waals surface area contributed by atoms with Crippen LogP contribution in [0.2, 0.25) is 0 Å². The molecule has 3 aromatic rings. The highest BCUT2D eigenvalue weighted by molar-refractivity contribution is 6.06. The normalized spacial score (nSPS) is 10.3. The van der Waals surface area contributed by atoms with Crippen LogP contribution in [0.5, 0.6) is 5.75 Å². The van der Waals surface area contributed by atoms with Gasteiger partial charge in [0.05, 0.1) is 5.52 Å². The number of rotatable bonds is 5. The van der Waals surface area contributed by atoms with Gasteiger partial charge in [-0.2, -0.15) is 0 Å². The first kappa shape index (κ1) is 14.8. The van der Waals surface area contributed by atoms with Crippen LogP contribution in [0.15, 0.2) is 73.4 Å². The number of anilines is 1. The molecule has 4 heteroatoms. The summed E-state index contributed by atoms with van der Waals surface area (Å²) < 4.78 is 5.41. The van der Waals surface area contributed by atoms with Crippen molar-refractivity contribution < 1.29 is 9.53 Å². The van der Waals surface area contributed by atoms with Crippen molar-refractivity contribution in [3.8, 4) is 5.75 Å². The molecular formula is C19H16N2O2. The van der Waals surface area contributed by atoms with E-state index in [2.05, 4.69) is 16.9 Å². The number of fused-ring (bicyclic) bond motifs is 1. The molecule has 0 saturated heterocycles. The van der Waals surface area contributed by atoms with Gasteiger partial charge in [0.15, 0.2) is 0 Å². The number of ether oxygens (including phenoxy) is 1. The van der Waals surface area contributed by atoms with Gasteiger partial charge in [-0.3, -0.25) is 9.78 Å². The fraction of sp³-hybridized carbons (Fsp3) is 0.0526. The number of benzene rings is 2. The van der Waals surface area contributed by atoms with Gasteiger partial charge >= 0.3 is 0 Å². The van der Waals surface area contributed by atoms with E-state index in [0.717, 1.165) is 16.7 Å². The van der Waals surface area contributed by atoms with E-state index in [1.54, 1.807) is 30.5 Å². The van der Waals surface area contributed by atoms with E-state index in [9.17, 15) is 4.79 Å². The Balaban J connectivity index is 1.73. The smallest absolute Gasteiger partial charge is 0.255 e. The molecule has 0 aliphatic rings. The van der Waals surface area contributed by atoms with Gasteiger partial charge in [0, 0.05) is 22.8 Å². The first-order chi connectivity index (χ1) is 11.3. The van der Waals surface area contributed by atoms with Gasteiger partial charge in [-0.05, 0) is 48.5 Å². The Kier molecular flexibility index (Phi) is 4.34. The molecule has 23 heavy (non-hydrogen) atoms. The molecule has 0 saturated carbocycles. The number of amides is 1. The minimum atomic E-state index is -0.157. The Morgan fingerprint density at radius 1 is 1.17 bits per heavy atom. The number of nitrogens with zero attached hydrogens (tertiary/aromatic N) is 1. The predicted octanol–water partition coefficient (Wildman–Crippen LogP) is 4.05. The van der Waals surface area contributed by atoms with Crippen LogP contribution in [0, 0.1) is 0 Å². The Bertz CT molecular complexity index is 841. The summed E-state index contributed by atoms with van der Waals surface area (Å²) in [6, 6.07) is 16.5. The van der Waals surface area contributed by atoms with Crippen LogP contribution in [0.25, 0.3) is 10.9 Å². The van der Waals surface area contributed by atoms with E-state index in [0.29, 0.717) is 17.9 Å². The van der Waals surface area contributed by atoms with Crippen molar-refractivity contribution in [3.63, 3.8) is 0 Å². The lowest BCUT2D eigenvalue weighted by Gasteiger charge is -2.08. The van der Waals surface area contributed by atoms with Gasteiger partial charge in [-0.1, -0.05) is 18.7 Å². The highest BCUT2D eigenvalue weighted by Crippen LogP contribution is 2.18. The summed E-state index contributed by atoms with van der Waals surface area (Å²) in [7, 11) is 0. The molecule has 0 bridgehead atoms. The Hall–Kier alpha value is -3.14. The average molecular weight is 304 g/mol. The number of nitrogens with one attached hydrogen (secondary N) is 1. The van der Waals surface area contributed by atoms with E-state index in [1.165, 1.54) is 0 Å². The molecule has 1 N–H and O–H groups in total. The van der Waals surface area contributed by atoms with Crippen LogP contribution in [0.4, 0.5) is 5.69 Å². The monoisotopic (exact) mass is 304 g/mol. The minimum absolute atomic E-state index is 0.157. The highest BCUT2D eigenvalue weighted by atomic mass is 16.5. The first-order valence-corrected chi connectivity index (χ1v) is 7.26. The molecule has 3 rings (SSSR count). The summed E-state index contributed by atoms with van der Waals surface area (Å²) in [6.45, 7) is 4.06. The number of pyridine rings is 1. The van der Waals surface area contributed by atoms with Gasteiger partial charge in [-0.15, -0.1) is 0 Å². The van der Waals surface area contributed by atoms with Crippen molar-refractivity contribution in [1.29, 1.82) is 0 Å². The number of carbonyl (C=O) groups excluding carboxylic acids is 1. The Morgan fingerprint density at radius 3 is 2.78 bits per heavy atom. The molecule has 1 heterocycles. The number of hydrogen-bond acceptors (Lipinski definition) is 3. The molecule has 0 unspecified atom stereocenters. The van der Waals surface area contributed by atoms with Crippen molar-refractivity contribution in [1.82, 2.24) is 4.98 Å². The zero-order valence-corrected chi connectivity index (χ0v) is 12.5. The zero-order chi connectivity index (χ0) is 16.1. The number of aromatic nitrogens is 1. The zero-order valence-electron chi connectivity index (χ0n) is 12.5. The van der Waals surface area contributed by atoms with Crippen LogP contribution < -0.4 is 10.1 Å². The van der Waals surface area contributed by atoms with Crippen molar-refractivity contribution in [2.75, 3.05) is 11.9 Å².